The van der Waals surface area contributed by atoms with Crippen LogP contribution in [0.1, 0.15) is 0 Å². The third-order valence-electron chi connectivity index (χ3n) is 1.47. The molecule has 0 aliphatic carbocycles. The highest BCUT2D eigenvalue weighted by Gasteiger charge is 2.22. The Hall–Kier alpha value is -1.47. The van der Waals surface area contributed by atoms with Gasteiger partial charge in [0.1, 0.15) is 11.5 Å². The summed E-state index contributed by atoms with van der Waals surface area (Å²) in [5.74, 6) is -0.443. The van der Waals surface area contributed by atoms with E-state index in [9.17, 15) is 4.79 Å². The largest absolute Gasteiger partial charge is 0.395 e. The fourth-order valence-electron chi connectivity index (χ4n) is 0.931. The summed E-state index contributed by atoms with van der Waals surface area (Å²) in [7, 11) is 0. The number of carbonyl (C=O) groups excluding carboxylic acids is 1. The highest BCUT2D eigenvalue weighted by molar-refractivity contribution is 5.94. The Morgan fingerprint density at radius 3 is 2.77 bits per heavy atom. The van der Waals surface area contributed by atoms with E-state index < -0.39 is 12.3 Å². The van der Waals surface area contributed by atoms with E-state index in [-0.39, 0.29) is 24.7 Å². The number of nitrogens with one attached hydrogen (secondary N) is 3. The monoisotopic (exact) mass is 188 g/mol. The van der Waals surface area contributed by atoms with Crippen molar-refractivity contribution in [3.05, 3.63) is 11.5 Å². The van der Waals surface area contributed by atoms with Crippen molar-refractivity contribution < 1.29 is 15.0 Å². The maximum Gasteiger partial charge on any atom is 0.274 e. The maximum absolute atomic E-state index is 11.1. The summed E-state index contributed by atoms with van der Waals surface area (Å²) >= 11 is 0. The van der Waals surface area contributed by atoms with Gasteiger partial charge < -0.3 is 31.9 Å². The molecule has 13 heavy (non-hydrogen) atoms. The van der Waals surface area contributed by atoms with Gasteiger partial charge in [-0.15, -0.1) is 0 Å². The normalized spacial score (nSPS) is 22.3. The third-order valence-corrected chi connectivity index (χ3v) is 1.47. The second-order valence-electron chi connectivity index (χ2n) is 2.46. The summed E-state index contributed by atoms with van der Waals surface area (Å²) in [4.78, 5) is 11.1. The van der Waals surface area contributed by atoms with Gasteiger partial charge in [-0.05, 0) is 0 Å². The highest BCUT2D eigenvalue weighted by Crippen LogP contribution is 1.98. The van der Waals surface area contributed by atoms with Crippen LogP contribution in [0.5, 0.6) is 0 Å². The molecule has 7 nitrogen and oxygen atoms in total. The Kier molecular flexibility index (Phi) is 2.93. The van der Waals surface area contributed by atoms with Crippen molar-refractivity contribution >= 4 is 5.91 Å². The predicted molar refractivity (Wildman–Crippen MR) is 43.6 cm³/mol. The second kappa shape index (κ2) is 3.97. The highest BCUT2D eigenvalue weighted by atomic mass is 16.3. The molecule has 1 rings (SSSR count). The van der Waals surface area contributed by atoms with Crippen molar-refractivity contribution in [1.82, 2.24) is 16.0 Å². The Morgan fingerprint density at radius 2 is 2.23 bits per heavy atom. The minimum absolute atomic E-state index is 0.0599. The van der Waals surface area contributed by atoms with Gasteiger partial charge in [-0.3, -0.25) is 4.79 Å². The molecule has 1 amide bonds. The van der Waals surface area contributed by atoms with Crippen LogP contribution in [0.4, 0.5) is 0 Å². The number of aliphatic hydroxyl groups is 2. The molecule has 0 radical (unpaired) electrons. The number of rotatable bonds is 3. The summed E-state index contributed by atoms with van der Waals surface area (Å²) < 4.78 is 0. The minimum Gasteiger partial charge on any atom is -0.395 e. The molecular weight excluding hydrogens is 176 g/mol. The number of nitrogens with two attached hydrogens (primary N) is 1. The topological polar surface area (TPSA) is 120 Å². The van der Waals surface area contributed by atoms with E-state index in [2.05, 4.69) is 16.0 Å². The first kappa shape index (κ1) is 9.62. The molecule has 1 heterocycles. The van der Waals surface area contributed by atoms with Crippen LogP contribution in [0.2, 0.25) is 0 Å². The van der Waals surface area contributed by atoms with Crippen LogP contribution in [0.3, 0.4) is 0 Å². The fourth-order valence-corrected chi connectivity index (χ4v) is 0.931. The predicted octanol–water partition coefficient (Wildman–Crippen LogP) is -3.31. The molecule has 1 aliphatic rings. The average Bonchev–Trinajstić information content (AvgIpc) is 2.02. The molecule has 0 saturated carbocycles. The van der Waals surface area contributed by atoms with Gasteiger partial charge in [0.15, 0.2) is 0 Å². The Balaban J connectivity index is 2.67. The van der Waals surface area contributed by atoms with Crippen LogP contribution in [-0.4, -0.2) is 35.6 Å². The zero-order valence-corrected chi connectivity index (χ0v) is 6.87. The van der Waals surface area contributed by atoms with Crippen molar-refractivity contribution in [1.29, 1.82) is 0 Å². The molecule has 7 heteroatoms. The fraction of sp³-hybridized carbons (Fsp3) is 0.500. The van der Waals surface area contributed by atoms with Gasteiger partial charge in [-0.1, -0.05) is 0 Å². The lowest BCUT2D eigenvalue weighted by atomic mass is 10.3. The van der Waals surface area contributed by atoms with E-state index in [0.29, 0.717) is 0 Å². The van der Waals surface area contributed by atoms with Crippen molar-refractivity contribution in [2.75, 3.05) is 13.2 Å². The van der Waals surface area contributed by atoms with Gasteiger partial charge >= 0.3 is 0 Å². The lowest BCUT2D eigenvalue weighted by molar-refractivity contribution is -0.122. The molecule has 0 bridgehead atoms. The van der Waals surface area contributed by atoms with Gasteiger partial charge in [-0.25, -0.2) is 0 Å². The molecule has 1 atom stereocenters. The van der Waals surface area contributed by atoms with Crippen LogP contribution < -0.4 is 21.7 Å². The summed E-state index contributed by atoms with van der Waals surface area (Å²) in [5.41, 5.74) is 5.53. The molecule has 74 valence electrons. The lowest BCUT2D eigenvalue weighted by Crippen LogP contribution is -2.54. The molecule has 0 aromatic rings. The number of amides is 1. The smallest absolute Gasteiger partial charge is 0.274 e. The second-order valence-corrected chi connectivity index (χ2v) is 2.46. The number of aliphatic hydroxyl groups excluding tert-OH is 2. The summed E-state index contributed by atoms with van der Waals surface area (Å²) in [5, 5.41) is 24.7. The standard InChI is InChI=1S/C6H12N4O3/c7-4-3(8-1-2-11)5(12)10-6(13)9-4/h6,8-9,11,13H,1-2,7H2,(H,10,12). The summed E-state index contributed by atoms with van der Waals surface area (Å²) in [6.07, 6.45) is -1.16. The van der Waals surface area contributed by atoms with Crippen molar-refractivity contribution in [3.8, 4) is 0 Å². The molecule has 0 fully saturated rings. The zero-order chi connectivity index (χ0) is 9.84. The molecular formula is C6H12N4O3. The van der Waals surface area contributed by atoms with Crippen LogP contribution in [0.15, 0.2) is 11.5 Å². The first-order chi connectivity index (χ1) is 6.15. The Labute approximate surface area is 74.6 Å². The lowest BCUT2D eigenvalue weighted by Gasteiger charge is -2.24. The van der Waals surface area contributed by atoms with Crippen LogP contribution in [-0.2, 0) is 4.79 Å². The number of hydrogen-bond donors (Lipinski definition) is 6. The summed E-state index contributed by atoms with van der Waals surface area (Å²) in [6, 6.07) is 0. The van der Waals surface area contributed by atoms with Gasteiger partial charge in [-0.2, -0.15) is 0 Å². The van der Waals surface area contributed by atoms with Crippen molar-refractivity contribution in [3.63, 3.8) is 0 Å². The molecule has 7 N–H and O–H groups in total. The third kappa shape index (κ3) is 2.23. The van der Waals surface area contributed by atoms with Gasteiger partial charge in [0.25, 0.3) is 5.91 Å². The van der Waals surface area contributed by atoms with Crippen molar-refractivity contribution in [2.24, 2.45) is 5.73 Å². The first-order valence-electron chi connectivity index (χ1n) is 3.75. The molecule has 0 saturated heterocycles. The van der Waals surface area contributed by atoms with E-state index >= 15 is 0 Å². The number of hydrogen-bond acceptors (Lipinski definition) is 6. The van der Waals surface area contributed by atoms with Crippen LogP contribution >= 0.6 is 0 Å². The van der Waals surface area contributed by atoms with E-state index in [1.807, 2.05) is 0 Å². The minimum atomic E-state index is -1.16. The molecule has 0 spiro atoms. The first-order valence-corrected chi connectivity index (χ1v) is 3.75. The SMILES string of the molecule is NC1=C(NCCO)C(=O)NC(O)N1. The van der Waals surface area contributed by atoms with Gasteiger partial charge in [0.05, 0.1) is 6.61 Å². The van der Waals surface area contributed by atoms with E-state index in [1.54, 1.807) is 0 Å². The van der Waals surface area contributed by atoms with Gasteiger partial charge in [0.2, 0.25) is 6.35 Å². The Morgan fingerprint density at radius 1 is 1.54 bits per heavy atom. The van der Waals surface area contributed by atoms with Crippen LogP contribution in [0, 0.1) is 0 Å². The van der Waals surface area contributed by atoms with Crippen LogP contribution in [0.25, 0.3) is 0 Å². The number of carbonyl (C=O) groups is 1. The van der Waals surface area contributed by atoms with E-state index in [4.69, 9.17) is 15.9 Å². The Bertz CT molecular complexity index is 240. The maximum atomic E-state index is 11.1. The quantitative estimate of drug-likeness (QED) is 0.276. The van der Waals surface area contributed by atoms with E-state index in [0.717, 1.165) is 0 Å². The molecule has 1 aliphatic heterocycles. The van der Waals surface area contributed by atoms with Gasteiger partial charge in [0, 0.05) is 6.54 Å². The molecule has 1 unspecified atom stereocenters. The van der Waals surface area contributed by atoms with E-state index in [1.165, 1.54) is 0 Å². The summed E-state index contributed by atoms with van der Waals surface area (Å²) in [6.45, 7) is 0.119. The average molecular weight is 188 g/mol. The molecule has 0 aromatic carbocycles. The zero-order valence-electron chi connectivity index (χ0n) is 6.87. The molecule has 0 aromatic heterocycles. The van der Waals surface area contributed by atoms with Crippen molar-refractivity contribution in [2.45, 2.75) is 6.35 Å².